The zero-order valence-electron chi connectivity index (χ0n) is 15.7. The molecule has 0 atom stereocenters. The Morgan fingerprint density at radius 2 is 1.81 bits per heavy atom. The molecule has 0 unspecified atom stereocenters. The third-order valence-electron chi connectivity index (χ3n) is 5.85. The predicted molar refractivity (Wildman–Crippen MR) is 110 cm³/mol. The van der Waals surface area contributed by atoms with Crippen molar-refractivity contribution in [2.24, 2.45) is 5.92 Å². The summed E-state index contributed by atoms with van der Waals surface area (Å²) < 4.78 is 14.2. The van der Waals surface area contributed by atoms with Gasteiger partial charge in [-0.15, -0.1) is 0 Å². The first-order chi connectivity index (χ1) is 12.7. The minimum atomic E-state index is -0.841. The molecular formula is C23H28FNSi. The van der Waals surface area contributed by atoms with Gasteiger partial charge >= 0.3 is 0 Å². The second-order valence-electron chi connectivity index (χ2n) is 7.64. The SMILES string of the molecule is CCCCC[C@H]1CC[Si@H](c2ccc(-c3ccc(C#N)cc3F)cc2)CC1. The van der Waals surface area contributed by atoms with E-state index in [-0.39, 0.29) is 5.82 Å². The van der Waals surface area contributed by atoms with Crippen LogP contribution in [0.15, 0.2) is 42.5 Å². The molecule has 3 heteroatoms. The number of unbranched alkanes of at least 4 members (excludes halogenated alkanes) is 2. The maximum atomic E-state index is 14.2. The second-order valence-corrected chi connectivity index (χ2v) is 10.9. The number of halogens is 1. The van der Waals surface area contributed by atoms with Crippen molar-refractivity contribution in [2.45, 2.75) is 57.5 Å². The van der Waals surface area contributed by atoms with Gasteiger partial charge in [0.1, 0.15) is 5.82 Å². The zero-order valence-corrected chi connectivity index (χ0v) is 16.8. The van der Waals surface area contributed by atoms with Crippen LogP contribution >= 0.6 is 0 Å². The number of rotatable bonds is 6. The number of benzene rings is 2. The van der Waals surface area contributed by atoms with Gasteiger partial charge in [0, 0.05) is 5.56 Å². The Labute approximate surface area is 158 Å². The van der Waals surface area contributed by atoms with Crippen molar-refractivity contribution >= 4 is 14.0 Å². The van der Waals surface area contributed by atoms with Crippen molar-refractivity contribution in [3.63, 3.8) is 0 Å². The summed E-state index contributed by atoms with van der Waals surface area (Å²) in [5.41, 5.74) is 1.85. The van der Waals surface area contributed by atoms with Crippen LogP contribution in [0.4, 0.5) is 4.39 Å². The van der Waals surface area contributed by atoms with Gasteiger partial charge in [0.15, 0.2) is 0 Å². The molecule has 0 saturated carbocycles. The number of hydrogen-bond donors (Lipinski definition) is 0. The first-order valence-corrected chi connectivity index (χ1v) is 12.2. The van der Waals surface area contributed by atoms with E-state index in [0.717, 1.165) is 11.5 Å². The maximum Gasteiger partial charge on any atom is 0.132 e. The van der Waals surface area contributed by atoms with Crippen LogP contribution in [0.5, 0.6) is 0 Å². The molecule has 2 aromatic rings. The highest BCUT2D eigenvalue weighted by Crippen LogP contribution is 2.30. The molecule has 0 radical (unpaired) electrons. The Hall–Kier alpha value is -1.92. The monoisotopic (exact) mass is 365 g/mol. The van der Waals surface area contributed by atoms with Gasteiger partial charge in [-0.05, 0) is 23.6 Å². The molecule has 1 aliphatic rings. The molecule has 1 saturated heterocycles. The van der Waals surface area contributed by atoms with Crippen LogP contribution in [0.3, 0.4) is 0 Å². The normalized spacial score (nSPS) is 19.9. The first kappa shape index (κ1) is 18.9. The Balaban J connectivity index is 1.61. The van der Waals surface area contributed by atoms with E-state index in [2.05, 4.69) is 31.2 Å². The summed E-state index contributed by atoms with van der Waals surface area (Å²) in [5, 5.41) is 10.4. The van der Waals surface area contributed by atoms with Gasteiger partial charge in [-0.25, -0.2) is 4.39 Å². The molecule has 1 fully saturated rings. The maximum absolute atomic E-state index is 14.2. The number of hydrogen-bond acceptors (Lipinski definition) is 1. The third kappa shape index (κ3) is 4.62. The zero-order chi connectivity index (χ0) is 18.4. The first-order valence-electron chi connectivity index (χ1n) is 10.0. The van der Waals surface area contributed by atoms with Gasteiger partial charge in [-0.2, -0.15) is 5.26 Å². The Bertz CT molecular complexity index is 755. The van der Waals surface area contributed by atoms with E-state index in [9.17, 15) is 4.39 Å². The van der Waals surface area contributed by atoms with Gasteiger partial charge in [-0.1, -0.05) is 93.1 Å². The molecule has 136 valence electrons. The molecule has 0 N–H and O–H groups in total. The lowest BCUT2D eigenvalue weighted by Crippen LogP contribution is -2.33. The molecule has 3 rings (SSSR count). The summed E-state index contributed by atoms with van der Waals surface area (Å²) in [6.07, 6.45) is 8.34. The smallest absolute Gasteiger partial charge is 0.132 e. The van der Waals surface area contributed by atoms with E-state index in [1.54, 1.807) is 12.1 Å². The lowest BCUT2D eigenvalue weighted by atomic mass is 9.96. The number of nitriles is 1. The Kier molecular flexibility index (Phi) is 6.63. The molecule has 0 bridgehead atoms. The van der Waals surface area contributed by atoms with Crippen LogP contribution in [-0.2, 0) is 0 Å². The van der Waals surface area contributed by atoms with Crippen LogP contribution in [-0.4, -0.2) is 8.80 Å². The predicted octanol–water partition coefficient (Wildman–Crippen LogP) is 5.79. The average Bonchev–Trinajstić information content (AvgIpc) is 2.69. The van der Waals surface area contributed by atoms with Gasteiger partial charge < -0.3 is 0 Å². The largest absolute Gasteiger partial charge is 0.206 e. The molecule has 1 heterocycles. The quantitative estimate of drug-likeness (QED) is 0.469. The van der Waals surface area contributed by atoms with Crippen molar-refractivity contribution in [1.82, 2.24) is 0 Å². The van der Waals surface area contributed by atoms with Crippen molar-refractivity contribution < 1.29 is 4.39 Å². The van der Waals surface area contributed by atoms with Gasteiger partial charge in [-0.3, -0.25) is 0 Å². The highest BCUT2D eigenvalue weighted by atomic mass is 28.3. The van der Waals surface area contributed by atoms with E-state index < -0.39 is 8.80 Å². The molecule has 0 aliphatic carbocycles. The van der Waals surface area contributed by atoms with Gasteiger partial charge in [0.05, 0.1) is 20.4 Å². The molecule has 1 aliphatic heterocycles. The van der Waals surface area contributed by atoms with E-state index in [0.29, 0.717) is 11.1 Å². The lowest BCUT2D eigenvalue weighted by molar-refractivity contribution is 0.418. The van der Waals surface area contributed by atoms with Gasteiger partial charge in [0.2, 0.25) is 0 Å². The fourth-order valence-electron chi connectivity index (χ4n) is 4.22. The fraction of sp³-hybridized carbons (Fsp3) is 0.435. The molecule has 2 aromatic carbocycles. The van der Waals surface area contributed by atoms with E-state index in [4.69, 9.17) is 5.26 Å². The van der Waals surface area contributed by atoms with Crippen LogP contribution in [0.25, 0.3) is 11.1 Å². The molecule has 0 aromatic heterocycles. The minimum Gasteiger partial charge on any atom is -0.206 e. The molecule has 1 nitrogen and oxygen atoms in total. The molecule has 0 spiro atoms. The summed E-state index contributed by atoms with van der Waals surface area (Å²) in [6.45, 7) is 2.28. The van der Waals surface area contributed by atoms with E-state index in [1.165, 1.54) is 61.9 Å². The highest BCUT2D eigenvalue weighted by molar-refractivity contribution is 6.73. The molecule has 26 heavy (non-hydrogen) atoms. The Morgan fingerprint density at radius 3 is 2.42 bits per heavy atom. The summed E-state index contributed by atoms with van der Waals surface area (Å²) in [7, 11) is -0.841. The molecular weight excluding hydrogens is 337 g/mol. The summed E-state index contributed by atoms with van der Waals surface area (Å²) >= 11 is 0. The summed E-state index contributed by atoms with van der Waals surface area (Å²) in [6, 6.07) is 18.1. The lowest BCUT2D eigenvalue weighted by Gasteiger charge is -2.28. The van der Waals surface area contributed by atoms with Crippen molar-refractivity contribution in [3.8, 4) is 17.2 Å². The van der Waals surface area contributed by atoms with Crippen LogP contribution in [0.1, 0.15) is 51.0 Å². The standard InChI is InChI=1S/C23H28FNSi/c1-2-3-4-5-18-12-14-26(15-13-18)21-9-7-20(8-10-21)22-11-6-19(17-25)16-23(22)24/h6-11,16,18,26H,2-5,12-15H2,1H3/t18-,26-. The third-order valence-corrected chi connectivity index (χ3v) is 9.24. The topological polar surface area (TPSA) is 23.8 Å². The number of nitrogens with zero attached hydrogens (tertiary/aromatic N) is 1. The summed E-state index contributed by atoms with van der Waals surface area (Å²) in [5.74, 6) is 0.638. The van der Waals surface area contributed by atoms with Crippen molar-refractivity contribution in [2.75, 3.05) is 0 Å². The summed E-state index contributed by atoms with van der Waals surface area (Å²) in [4.78, 5) is 0. The van der Waals surface area contributed by atoms with E-state index >= 15 is 0 Å². The van der Waals surface area contributed by atoms with Crippen molar-refractivity contribution in [1.29, 1.82) is 5.26 Å². The average molecular weight is 366 g/mol. The molecule has 0 amide bonds. The Morgan fingerprint density at radius 1 is 1.08 bits per heavy atom. The van der Waals surface area contributed by atoms with Crippen LogP contribution < -0.4 is 5.19 Å². The fourth-order valence-corrected chi connectivity index (χ4v) is 7.66. The second kappa shape index (κ2) is 9.14. The van der Waals surface area contributed by atoms with Crippen LogP contribution in [0.2, 0.25) is 12.1 Å². The van der Waals surface area contributed by atoms with Gasteiger partial charge in [0.25, 0.3) is 0 Å². The van der Waals surface area contributed by atoms with Crippen LogP contribution in [0, 0.1) is 23.1 Å². The highest BCUT2D eigenvalue weighted by Gasteiger charge is 2.23. The van der Waals surface area contributed by atoms with E-state index in [1.807, 2.05) is 6.07 Å². The van der Waals surface area contributed by atoms with Crippen molar-refractivity contribution in [3.05, 3.63) is 53.8 Å². The minimum absolute atomic E-state index is 0.318.